The van der Waals surface area contributed by atoms with Crippen LogP contribution in [-0.4, -0.2) is 30.6 Å². The molecular weight excluding hydrogens is 236 g/mol. The number of benzene rings is 1. The summed E-state index contributed by atoms with van der Waals surface area (Å²) < 4.78 is 0. The highest BCUT2D eigenvalue weighted by atomic mass is 15.2. The Morgan fingerprint density at radius 1 is 1.42 bits per heavy atom. The number of nitrogens with one attached hydrogen (secondary N) is 1. The van der Waals surface area contributed by atoms with E-state index >= 15 is 0 Å². The van der Waals surface area contributed by atoms with Gasteiger partial charge in [-0.25, -0.2) is 0 Å². The van der Waals surface area contributed by atoms with E-state index in [0.29, 0.717) is 18.2 Å². The van der Waals surface area contributed by atoms with E-state index in [9.17, 15) is 0 Å². The normalized spacial score (nSPS) is 17.1. The molecule has 1 heterocycles. The second-order valence-electron chi connectivity index (χ2n) is 5.30. The number of nitrogens with zero attached hydrogens (tertiary/aromatic N) is 2. The van der Waals surface area contributed by atoms with Gasteiger partial charge in [0, 0.05) is 24.0 Å². The van der Waals surface area contributed by atoms with Crippen molar-refractivity contribution >= 4 is 11.4 Å². The SMILES string of the molecule is CC(CN1CCCC1)Nc1ccc(N)c(CC#N)c1. The maximum Gasteiger partial charge on any atom is 0.0670 e. The van der Waals surface area contributed by atoms with Crippen LogP contribution in [0.1, 0.15) is 25.3 Å². The van der Waals surface area contributed by atoms with Crippen molar-refractivity contribution < 1.29 is 0 Å². The number of nitriles is 1. The Kier molecular flexibility index (Phi) is 4.64. The molecule has 1 aromatic rings. The van der Waals surface area contributed by atoms with E-state index in [2.05, 4.69) is 23.2 Å². The largest absolute Gasteiger partial charge is 0.398 e. The van der Waals surface area contributed by atoms with Crippen molar-refractivity contribution in [2.24, 2.45) is 0 Å². The lowest BCUT2D eigenvalue weighted by molar-refractivity contribution is 0.328. The lowest BCUT2D eigenvalue weighted by atomic mass is 10.1. The van der Waals surface area contributed by atoms with Crippen molar-refractivity contribution in [1.29, 1.82) is 5.26 Å². The number of likely N-dealkylation sites (tertiary alicyclic amines) is 1. The van der Waals surface area contributed by atoms with Gasteiger partial charge in [-0.3, -0.25) is 0 Å². The quantitative estimate of drug-likeness (QED) is 0.795. The van der Waals surface area contributed by atoms with E-state index in [4.69, 9.17) is 11.0 Å². The Hall–Kier alpha value is -1.73. The molecule has 1 aliphatic rings. The first-order valence-corrected chi connectivity index (χ1v) is 6.93. The number of hydrogen-bond acceptors (Lipinski definition) is 4. The Labute approximate surface area is 115 Å². The number of rotatable bonds is 5. The van der Waals surface area contributed by atoms with Crippen LogP contribution in [-0.2, 0) is 6.42 Å². The molecule has 1 atom stereocenters. The molecule has 4 heteroatoms. The molecule has 1 aliphatic heterocycles. The van der Waals surface area contributed by atoms with Crippen LogP contribution in [0.4, 0.5) is 11.4 Å². The maximum absolute atomic E-state index is 8.77. The Morgan fingerprint density at radius 2 is 2.16 bits per heavy atom. The van der Waals surface area contributed by atoms with Crippen molar-refractivity contribution in [3.63, 3.8) is 0 Å². The lowest BCUT2D eigenvalue weighted by Crippen LogP contribution is -2.32. The van der Waals surface area contributed by atoms with E-state index in [0.717, 1.165) is 17.8 Å². The maximum atomic E-state index is 8.77. The van der Waals surface area contributed by atoms with Gasteiger partial charge in [0.15, 0.2) is 0 Å². The van der Waals surface area contributed by atoms with E-state index in [1.165, 1.54) is 25.9 Å². The minimum atomic E-state index is 0.363. The van der Waals surface area contributed by atoms with Gasteiger partial charge in [-0.05, 0) is 56.6 Å². The molecule has 0 amide bonds. The van der Waals surface area contributed by atoms with Crippen molar-refractivity contribution in [2.75, 3.05) is 30.7 Å². The summed E-state index contributed by atoms with van der Waals surface area (Å²) in [6, 6.07) is 8.39. The van der Waals surface area contributed by atoms with Crippen LogP contribution in [0.3, 0.4) is 0 Å². The van der Waals surface area contributed by atoms with Crippen LogP contribution < -0.4 is 11.1 Å². The van der Waals surface area contributed by atoms with E-state index in [1.54, 1.807) is 0 Å². The van der Waals surface area contributed by atoms with Crippen molar-refractivity contribution in [3.05, 3.63) is 23.8 Å². The summed E-state index contributed by atoms with van der Waals surface area (Å²) in [5.41, 5.74) is 8.50. The highest BCUT2D eigenvalue weighted by molar-refractivity contribution is 5.58. The Morgan fingerprint density at radius 3 is 2.84 bits per heavy atom. The topological polar surface area (TPSA) is 65.1 Å². The molecule has 0 aromatic heterocycles. The van der Waals surface area contributed by atoms with Crippen molar-refractivity contribution in [3.8, 4) is 6.07 Å². The molecule has 0 saturated carbocycles. The van der Waals surface area contributed by atoms with Crippen LogP contribution in [0.5, 0.6) is 0 Å². The number of nitrogen functional groups attached to an aromatic ring is 1. The molecular formula is C15H22N4. The van der Waals surface area contributed by atoms with Gasteiger partial charge >= 0.3 is 0 Å². The molecule has 0 spiro atoms. The van der Waals surface area contributed by atoms with Crippen LogP contribution in [0.25, 0.3) is 0 Å². The molecule has 102 valence electrons. The van der Waals surface area contributed by atoms with Crippen LogP contribution in [0.2, 0.25) is 0 Å². The second-order valence-corrected chi connectivity index (χ2v) is 5.30. The number of anilines is 2. The Balaban J connectivity index is 1.94. The van der Waals surface area contributed by atoms with E-state index in [-0.39, 0.29) is 0 Å². The minimum Gasteiger partial charge on any atom is -0.398 e. The zero-order valence-electron chi connectivity index (χ0n) is 11.5. The first-order chi connectivity index (χ1) is 9.19. The molecule has 1 aromatic carbocycles. The fourth-order valence-electron chi connectivity index (χ4n) is 2.62. The zero-order valence-corrected chi connectivity index (χ0v) is 11.5. The first kappa shape index (κ1) is 13.7. The third-order valence-corrected chi connectivity index (χ3v) is 3.56. The van der Waals surface area contributed by atoms with Gasteiger partial charge in [0.05, 0.1) is 12.5 Å². The first-order valence-electron chi connectivity index (χ1n) is 6.93. The summed E-state index contributed by atoms with van der Waals surface area (Å²) in [6.45, 7) is 5.69. The molecule has 0 radical (unpaired) electrons. The molecule has 1 unspecified atom stereocenters. The predicted octanol–water partition coefficient (Wildman–Crippen LogP) is 2.23. The molecule has 4 nitrogen and oxygen atoms in total. The zero-order chi connectivity index (χ0) is 13.7. The van der Waals surface area contributed by atoms with Gasteiger partial charge in [0.1, 0.15) is 0 Å². The second kappa shape index (κ2) is 6.44. The molecule has 1 fully saturated rings. The van der Waals surface area contributed by atoms with Crippen molar-refractivity contribution in [2.45, 2.75) is 32.2 Å². The molecule has 3 N–H and O–H groups in total. The van der Waals surface area contributed by atoms with Crippen LogP contribution in [0, 0.1) is 11.3 Å². The smallest absolute Gasteiger partial charge is 0.0670 e. The summed E-state index contributed by atoms with van der Waals surface area (Å²) in [5.74, 6) is 0. The standard InChI is InChI=1S/C15H22N4/c1-12(11-19-8-2-3-9-19)18-14-4-5-15(17)13(10-14)6-7-16/h4-5,10,12,18H,2-3,6,8-9,11,17H2,1H3. The predicted molar refractivity (Wildman–Crippen MR) is 78.9 cm³/mol. The van der Waals surface area contributed by atoms with E-state index in [1.807, 2.05) is 18.2 Å². The summed E-state index contributed by atoms with van der Waals surface area (Å²) in [7, 11) is 0. The van der Waals surface area contributed by atoms with Gasteiger partial charge in [0.25, 0.3) is 0 Å². The van der Waals surface area contributed by atoms with Gasteiger partial charge in [0.2, 0.25) is 0 Å². The summed E-state index contributed by atoms with van der Waals surface area (Å²) >= 11 is 0. The fourth-order valence-corrected chi connectivity index (χ4v) is 2.62. The molecule has 2 rings (SSSR count). The number of hydrogen-bond donors (Lipinski definition) is 2. The van der Waals surface area contributed by atoms with Gasteiger partial charge in [-0.15, -0.1) is 0 Å². The average molecular weight is 258 g/mol. The third-order valence-electron chi connectivity index (χ3n) is 3.56. The van der Waals surface area contributed by atoms with Crippen molar-refractivity contribution in [1.82, 2.24) is 4.90 Å². The Bertz CT molecular complexity index is 458. The fraction of sp³-hybridized carbons (Fsp3) is 0.533. The highest BCUT2D eigenvalue weighted by Gasteiger charge is 2.14. The number of nitrogens with two attached hydrogens (primary N) is 1. The third kappa shape index (κ3) is 3.87. The summed E-state index contributed by atoms with van der Waals surface area (Å²) in [4.78, 5) is 2.49. The molecule has 0 aliphatic carbocycles. The van der Waals surface area contributed by atoms with Crippen LogP contribution in [0.15, 0.2) is 18.2 Å². The summed E-state index contributed by atoms with van der Waals surface area (Å²) in [5, 5.41) is 12.3. The van der Waals surface area contributed by atoms with Gasteiger partial charge in [-0.2, -0.15) is 5.26 Å². The van der Waals surface area contributed by atoms with Gasteiger partial charge in [-0.1, -0.05) is 0 Å². The monoisotopic (exact) mass is 258 g/mol. The summed E-state index contributed by atoms with van der Waals surface area (Å²) in [6.07, 6.45) is 3.00. The van der Waals surface area contributed by atoms with Gasteiger partial charge < -0.3 is 16.0 Å². The molecule has 0 bridgehead atoms. The van der Waals surface area contributed by atoms with Crippen LogP contribution >= 0.6 is 0 Å². The van der Waals surface area contributed by atoms with E-state index < -0.39 is 0 Å². The minimum absolute atomic E-state index is 0.363. The lowest BCUT2D eigenvalue weighted by Gasteiger charge is -2.22. The highest BCUT2D eigenvalue weighted by Crippen LogP contribution is 2.19. The molecule has 19 heavy (non-hydrogen) atoms. The average Bonchev–Trinajstić information content (AvgIpc) is 2.86. The molecule has 1 saturated heterocycles.